The van der Waals surface area contributed by atoms with Gasteiger partial charge in [0.15, 0.2) is 0 Å². The molecule has 0 unspecified atom stereocenters. The van der Waals surface area contributed by atoms with E-state index in [4.69, 9.17) is 62.7 Å². The minimum absolute atomic E-state index is 0.275. The maximum atomic E-state index is 12.9. The van der Waals surface area contributed by atoms with Gasteiger partial charge in [-0.1, -0.05) is 34.8 Å². The molecule has 2 aromatic carbocycles. The Morgan fingerprint density at radius 3 is 2.32 bits per heavy atom. The molecule has 0 radical (unpaired) electrons. The molecule has 2 N–H and O–H groups in total. The van der Waals surface area contributed by atoms with E-state index in [1.165, 1.54) is 0 Å². The van der Waals surface area contributed by atoms with Gasteiger partial charge in [0.1, 0.15) is 10.4 Å². The highest BCUT2D eigenvalue weighted by atomic mass is 35.5. The molecule has 1 aliphatic heterocycles. The van der Waals surface area contributed by atoms with Crippen molar-refractivity contribution in [1.82, 2.24) is 0 Å². The Morgan fingerprint density at radius 1 is 0.968 bits per heavy atom. The number of carbonyl (C=O) groups is 2. The van der Waals surface area contributed by atoms with Gasteiger partial charge in [0.2, 0.25) is 5.91 Å². The minimum Gasteiger partial charge on any atom is -0.368 e. The van der Waals surface area contributed by atoms with Crippen molar-refractivity contribution in [1.29, 1.82) is 0 Å². The number of hydrogen-bond donors (Lipinski definition) is 2. The predicted molar refractivity (Wildman–Crippen MR) is 125 cm³/mol. The van der Waals surface area contributed by atoms with Gasteiger partial charge in [-0.05, 0) is 54.8 Å². The number of halogens is 5. The number of hydrogen-bond acceptors (Lipinski definition) is 3. The number of anilines is 2. The van der Waals surface area contributed by atoms with Crippen LogP contribution in [0.3, 0.4) is 0 Å². The average molecular weight is 523 g/mol. The Labute approximate surface area is 204 Å². The van der Waals surface area contributed by atoms with Crippen molar-refractivity contribution in [2.45, 2.75) is 29.2 Å². The van der Waals surface area contributed by atoms with Crippen molar-refractivity contribution < 1.29 is 14.3 Å². The Bertz CT molecular complexity index is 1020. The summed E-state index contributed by atoms with van der Waals surface area (Å²) in [6.45, 7) is 0.556. The highest BCUT2D eigenvalue weighted by Gasteiger charge is 2.67. The van der Waals surface area contributed by atoms with Crippen LogP contribution in [0.25, 0.3) is 0 Å². The molecule has 1 heterocycles. The number of benzene rings is 2. The normalized spacial score (nSPS) is 24.0. The van der Waals surface area contributed by atoms with E-state index in [0.29, 0.717) is 45.0 Å². The summed E-state index contributed by atoms with van der Waals surface area (Å²) in [5.41, 5.74) is 1.50. The lowest BCUT2D eigenvalue weighted by atomic mass is 10.1. The van der Waals surface area contributed by atoms with Crippen LogP contribution in [0.15, 0.2) is 36.4 Å². The van der Waals surface area contributed by atoms with Gasteiger partial charge in [-0.3, -0.25) is 9.59 Å². The second-order valence-corrected chi connectivity index (χ2v) is 10.2. The molecule has 1 saturated carbocycles. The van der Waals surface area contributed by atoms with Gasteiger partial charge in [-0.2, -0.15) is 0 Å². The van der Waals surface area contributed by atoms with Crippen LogP contribution in [0.4, 0.5) is 11.4 Å². The Balaban J connectivity index is 1.47. The van der Waals surface area contributed by atoms with Crippen LogP contribution in [0.1, 0.15) is 24.3 Å². The van der Waals surface area contributed by atoms with Crippen molar-refractivity contribution >= 4 is 81.2 Å². The fraction of sp³-hybridized carbons (Fsp3) is 0.333. The van der Waals surface area contributed by atoms with E-state index in [2.05, 4.69) is 10.6 Å². The molecule has 2 aliphatic rings. The summed E-state index contributed by atoms with van der Waals surface area (Å²) >= 11 is 31.1. The topological polar surface area (TPSA) is 67.4 Å². The molecule has 0 aromatic heterocycles. The third-order valence-electron chi connectivity index (χ3n) is 5.29. The third kappa shape index (κ3) is 4.92. The van der Waals surface area contributed by atoms with E-state index < -0.39 is 22.3 Å². The smallest absolute Gasteiger partial charge is 0.253 e. The lowest BCUT2D eigenvalue weighted by molar-refractivity contribution is -0.124. The van der Waals surface area contributed by atoms with Crippen molar-refractivity contribution in [3.63, 3.8) is 0 Å². The predicted octanol–water partition coefficient (Wildman–Crippen LogP) is 6.29. The van der Waals surface area contributed by atoms with Crippen LogP contribution >= 0.6 is 58.0 Å². The number of alkyl halides is 2. The molecule has 1 aliphatic carbocycles. The highest BCUT2D eigenvalue weighted by Crippen LogP contribution is 2.65. The SMILES string of the molecule is O=C(Nc1cc(NC(=O)[C@H]2[C@H](c3cc(Cl)cc(Cl)c3)C2(Cl)Cl)ccc1Cl)[C@H]1CCCO1. The fourth-order valence-electron chi connectivity index (χ4n) is 3.74. The summed E-state index contributed by atoms with van der Waals surface area (Å²) < 4.78 is 4.09. The highest BCUT2D eigenvalue weighted by molar-refractivity contribution is 6.53. The maximum Gasteiger partial charge on any atom is 0.253 e. The van der Waals surface area contributed by atoms with Gasteiger partial charge in [0.05, 0.1) is 16.6 Å². The molecular weight excluding hydrogens is 506 g/mol. The molecule has 10 heteroatoms. The molecule has 1 saturated heterocycles. The Morgan fingerprint density at radius 2 is 1.68 bits per heavy atom. The zero-order chi connectivity index (χ0) is 22.3. The van der Waals surface area contributed by atoms with Gasteiger partial charge < -0.3 is 15.4 Å². The average Bonchev–Trinajstić information content (AvgIpc) is 3.04. The molecular formula is C21H17Cl5N2O3. The third-order valence-corrected chi connectivity index (χ3v) is 7.00. The summed E-state index contributed by atoms with van der Waals surface area (Å²) in [5, 5.41) is 6.73. The molecule has 3 atom stereocenters. The Hall–Kier alpha value is -1.21. The van der Waals surface area contributed by atoms with E-state index in [-0.39, 0.29) is 11.8 Å². The molecule has 0 spiro atoms. The summed E-state index contributed by atoms with van der Waals surface area (Å²) in [5.74, 6) is -1.81. The summed E-state index contributed by atoms with van der Waals surface area (Å²) in [4.78, 5) is 25.2. The number of carbonyl (C=O) groups excluding carboxylic acids is 2. The molecule has 4 rings (SSSR count). The quantitative estimate of drug-likeness (QED) is 0.454. The monoisotopic (exact) mass is 520 g/mol. The second-order valence-electron chi connectivity index (χ2n) is 7.51. The van der Waals surface area contributed by atoms with Crippen LogP contribution < -0.4 is 10.6 Å². The van der Waals surface area contributed by atoms with Crippen LogP contribution in [0, 0.1) is 5.92 Å². The van der Waals surface area contributed by atoms with E-state index in [1.807, 2.05) is 0 Å². The van der Waals surface area contributed by atoms with E-state index in [0.717, 1.165) is 6.42 Å². The number of ether oxygens (including phenoxy) is 1. The van der Waals surface area contributed by atoms with Crippen LogP contribution in [-0.4, -0.2) is 28.9 Å². The summed E-state index contributed by atoms with van der Waals surface area (Å²) in [6, 6.07) is 9.74. The number of rotatable bonds is 5. The second kappa shape index (κ2) is 8.97. The lowest BCUT2D eigenvalue weighted by Gasteiger charge is -2.13. The van der Waals surface area contributed by atoms with E-state index >= 15 is 0 Å². The van der Waals surface area contributed by atoms with E-state index in [9.17, 15) is 9.59 Å². The van der Waals surface area contributed by atoms with Crippen molar-refractivity contribution in [2.24, 2.45) is 5.92 Å². The number of amides is 2. The summed E-state index contributed by atoms with van der Waals surface area (Å²) in [7, 11) is 0. The molecule has 31 heavy (non-hydrogen) atoms. The molecule has 2 aromatic rings. The van der Waals surface area contributed by atoms with Crippen LogP contribution in [0.2, 0.25) is 15.1 Å². The molecule has 2 fully saturated rings. The van der Waals surface area contributed by atoms with Gasteiger partial charge in [-0.25, -0.2) is 0 Å². The maximum absolute atomic E-state index is 12.9. The van der Waals surface area contributed by atoms with Crippen LogP contribution in [-0.2, 0) is 14.3 Å². The van der Waals surface area contributed by atoms with Gasteiger partial charge in [-0.15, -0.1) is 23.2 Å². The van der Waals surface area contributed by atoms with Gasteiger partial charge in [0, 0.05) is 28.3 Å². The van der Waals surface area contributed by atoms with Crippen LogP contribution in [0.5, 0.6) is 0 Å². The molecule has 5 nitrogen and oxygen atoms in total. The zero-order valence-corrected chi connectivity index (χ0v) is 19.7. The molecule has 164 valence electrons. The van der Waals surface area contributed by atoms with Gasteiger partial charge >= 0.3 is 0 Å². The first-order chi connectivity index (χ1) is 14.7. The largest absolute Gasteiger partial charge is 0.368 e. The van der Waals surface area contributed by atoms with Crippen molar-refractivity contribution in [3.05, 3.63) is 57.0 Å². The fourth-order valence-corrected chi connectivity index (χ4v) is 5.27. The first-order valence-electron chi connectivity index (χ1n) is 9.53. The minimum atomic E-state index is -1.29. The van der Waals surface area contributed by atoms with Crippen molar-refractivity contribution in [3.8, 4) is 0 Å². The zero-order valence-electron chi connectivity index (χ0n) is 15.9. The lowest BCUT2D eigenvalue weighted by Crippen LogP contribution is -2.27. The van der Waals surface area contributed by atoms with Crippen molar-refractivity contribution in [2.75, 3.05) is 17.2 Å². The summed E-state index contributed by atoms with van der Waals surface area (Å²) in [6.07, 6.45) is 0.990. The molecule has 2 amide bonds. The first-order valence-corrected chi connectivity index (χ1v) is 11.4. The first kappa shape index (κ1) is 23.0. The van der Waals surface area contributed by atoms with E-state index in [1.54, 1.807) is 36.4 Å². The number of nitrogens with one attached hydrogen (secondary N) is 2. The van der Waals surface area contributed by atoms with Gasteiger partial charge in [0.25, 0.3) is 5.91 Å². The molecule has 0 bridgehead atoms. The Kier molecular flexibility index (Phi) is 6.64. The standard InChI is InChI=1S/C21H17Cl5N2O3/c22-11-6-10(7-12(23)8-11)17-18(21(17,25)26)20(30)27-13-3-4-14(24)15(9-13)28-19(29)16-2-1-5-31-16/h3-4,6-9,16-18H,1-2,5H2,(H,27,30)(H,28,29)/t16-,17+,18-/m1/s1.